The van der Waals surface area contributed by atoms with Gasteiger partial charge in [0.05, 0.1) is 19.8 Å². The van der Waals surface area contributed by atoms with Crippen LogP contribution in [-0.2, 0) is 11.3 Å². The summed E-state index contributed by atoms with van der Waals surface area (Å²) in [4.78, 5) is 6.75. The van der Waals surface area contributed by atoms with Crippen molar-refractivity contribution in [1.82, 2.24) is 10.2 Å². The van der Waals surface area contributed by atoms with E-state index in [1.165, 1.54) is 5.56 Å². The lowest BCUT2D eigenvalue weighted by molar-refractivity contribution is 0.0376. The van der Waals surface area contributed by atoms with E-state index in [2.05, 4.69) is 27.3 Å². The topological polar surface area (TPSA) is 62.9 Å². The molecule has 3 N–H and O–H groups in total. The van der Waals surface area contributed by atoms with E-state index in [9.17, 15) is 0 Å². The van der Waals surface area contributed by atoms with Crippen LogP contribution in [0, 0.1) is 0 Å². The predicted molar refractivity (Wildman–Crippen MR) is 81.6 cm³/mol. The Kier molecular flexibility index (Phi) is 6.34. The highest BCUT2D eigenvalue weighted by atomic mass is 16.5. The average Bonchev–Trinajstić information content (AvgIpc) is 2.52. The lowest BCUT2D eigenvalue weighted by atomic mass is 10.2. The number of nitrogens with one attached hydrogen (secondary N) is 1. The number of nitrogens with two attached hydrogens (primary N) is 1. The normalized spacial score (nSPS) is 17.1. The van der Waals surface area contributed by atoms with Crippen LogP contribution in [0.4, 0.5) is 0 Å². The maximum Gasteiger partial charge on any atom is 0.188 e. The maximum absolute atomic E-state index is 5.85. The summed E-state index contributed by atoms with van der Waals surface area (Å²) in [5.74, 6) is 0.524. The van der Waals surface area contributed by atoms with Crippen LogP contribution in [0.5, 0.6) is 0 Å². The molecule has 110 valence electrons. The molecule has 1 heterocycles. The summed E-state index contributed by atoms with van der Waals surface area (Å²) in [7, 11) is 0. The zero-order valence-corrected chi connectivity index (χ0v) is 11.9. The first-order valence-corrected chi connectivity index (χ1v) is 7.22. The number of nitrogens with zero attached hydrogens (tertiary/aromatic N) is 2. The molecule has 0 bridgehead atoms. The summed E-state index contributed by atoms with van der Waals surface area (Å²) in [6.45, 7) is 6.37. The Balaban J connectivity index is 1.58. The highest BCUT2D eigenvalue weighted by Gasteiger charge is 2.08. The fraction of sp³-hybridized carbons (Fsp3) is 0.533. The van der Waals surface area contributed by atoms with Crippen molar-refractivity contribution in [2.24, 2.45) is 10.7 Å². The minimum absolute atomic E-state index is 0.524. The van der Waals surface area contributed by atoms with Crippen LogP contribution in [0.3, 0.4) is 0 Å². The molecule has 0 aliphatic carbocycles. The van der Waals surface area contributed by atoms with Crippen LogP contribution in [0.25, 0.3) is 0 Å². The fourth-order valence-electron chi connectivity index (χ4n) is 2.16. The van der Waals surface area contributed by atoms with Crippen molar-refractivity contribution in [2.45, 2.75) is 13.0 Å². The molecule has 0 unspecified atom stereocenters. The van der Waals surface area contributed by atoms with Crippen molar-refractivity contribution in [3.63, 3.8) is 0 Å². The second-order valence-corrected chi connectivity index (χ2v) is 4.92. The summed E-state index contributed by atoms with van der Waals surface area (Å²) < 4.78 is 5.32. The largest absolute Gasteiger partial charge is 0.379 e. The third kappa shape index (κ3) is 5.59. The Bertz CT molecular complexity index is 402. The first-order valence-electron chi connectivity index (χ1n) is 7.22. The minimum Gasteiger partial charge on any atom is -0.379 e. The van der Waals surface area contributed by atoms with E-state index < -0.39 is 0 Å². The van der Waals surface area contributed by atoms with Crippen LogP contribution in [0.1, 0.15) is 12.0 Å². The van der Waals surface area contributed by atoms with E-state index >= 15 is 0 Å². The van der Waals surface area contributed by atoms with E-state index in [4.69, 9.17) is 10.5 Å². The van der Waals surface area contributed by atoms with Crippen LogP contribution in [0.2, 0.25) is 0 Å². The summed E-state index contributed by atoms with van der Waals surface area (Å²) in [6.07, 6.45) is 1.07. The average molecular weight is 276 g/mol. The molecule has 1 aromatic rings. The summed E-state index contributed by atoms with van der Waals surface area (Å²) in [5, 5.41) is 3.16. The van der Waals surface area contributed by atoms with Gasteiger partial charge in [-0.2, -0.15) is 0 Å². The Labute approximate surface area is 120 Å². The van der Waals surface area contributed by atoms with Crippen LogP contribution < -0.4 is 11.1 Å². The van der Waals surface area contributed by atoms with Crippen molar-refractivity contribution in [3.8, 4) is 0 Å². The van der Waals surface area contributed by atoms with Crippen molar-refractivity contribution < 1.29 is 4.74 Å². The van der Waals surface area contributed by atoms with Crippen LogP contribution in [-0.4, -0.2) is 50.3 Å². The molecule has 1 saturated heterocycles. The predicted octanol–water partition coefficient (Wildman–Crippen LogP) is 0.813. The minimum atomic E-state index is 0.524. The summed E-state index contributed by atoms with van der Waals surface area (Å²) in [6, 6.07) is 10.1. The van der Waals surface area contributed by atoms with Gasteiger partial charge in [0.1, 0.15) is 0 Å². The third-order valence-corrected chi connectivity index (χ3v) is 3.34. The lowest BCUT2D eigenvalue weighted by Gasteiger charge is -2.26. The monoisotopic (exact) mass is 276 g/mol. The van der Waals surface area contributed by atoms with E-state index in [0.717, 1.165) is 45.8 Å². The fourth-order valence-corrected chi connectivity index (χ4v) is 2.16. The van der Waals surface area contributed by atoms with Gasteiger partial charge in [-0.05, 0) is 18.5 Å². The number of ether oxygens (including phenoxy) is 1. The molecule has 5 heteroatoms. The molecule has 0 amide bonds. The number of morpholine rings is 1. The van der Waals surface area contributed by atoms with Crippen molar-refractivity contribution >= 4 is 5.96 Å². The van der Waals surface area contributed by atoms with E-state index in [-0.39, 0.29) is 0 Å². The van der Waals surface area contributed by atoms with Gasteiger partial charge in [0, 0.05) is 19.6 Å². The maximum atomic E-state index is 5.85. The molecule has 0 saturated carbocycles. The van der Waals surface area contributed by atoms with E-state index in [0.29, 0.717) is 12.5 Å². The van der Waals surface area contributed by atoms with Crippen molar-refractivity contribution in [1.29, 1.82) is 0 Å². The first-order chi connectivity index (χ1) is 9.84. The Morgan fingerprint density at radius 2 is 2.00 bits per heavy atom. The zero-order valence-electron chi connectivity index (χ0n) is 11.9. The smallest absolute Gasteiger partial charge is 0.188 e. The van der Waals surface area contributed by atoms with Crippen LogP contribution >= 0.6 is 0 Å². The van der Waals surface area contributed by atoms with Crippen molar-refractivity contribution in [2.75, 3.05) is 39.4 Å². The number of rotatable bonds is 6. The third-order valence-electron chi connectivity index (χ3n) is 3.34. The molecular weight excluding hydrogens is 252 g/mol. The number of hydrogen-bond donors (Lipinski definition) is 2. The van der Waals surface area contributed by atoms with Crippen LogP contribution in [0.15, 0.2) is 35.3 Å². The Morgan fingerprint density at radius 3 is 2.75 bits per heavy atom. The molecule has 0 aromatic heterocycles. The number of aliphatic imine (C=N–C) groups is 1. The highest BCUT2D eigenvalue weighted by Crippen LogP contribution is 2.00. The number of benzene rings is 1. The van der Waals surface area contributed by atoms with Gasteiger partial charge in [0.25, 0.3) is 0 Å². The SMILES string of the molecule is NC(=NCc1ccccc1)NCCCN1CCOCC1. The molecule has 0 atom stereocenters. The quantitative estimate of drug-likeness (QED) is 0.458. The Morgan fingerprint density at radius 1 is 1.25 bits per heavy atom. The molecule has 1 fully saturated rings. The lowest BCUT2D eigenvalue weighted by Crippen LogP contribution is -2.39. The first kappa shape index (κ1) is 14.8. The summed E-state index contributed by atoms with van der Waals surface area (Å²) in [5.41, 5.74) is 7.02. The number of guanidine groups is 1. The van der Waals surface area contributed by atoms with Gasteiger partial charge in [-0.3, -0.25) is 4.90 Å². The molecule has 20 heavy (non-hydrogen) atoms. The molecule has 1 aromatic carbocycles. The van der Waals surface area contributed by atoms with Gasteiger partial charge < -0.3 is 15.8 Å². The highest BCUT2D eigenvalue weighted by molar-refractivity contribution is 5.77. The van der Waals surface area contributed by atoms with E-state index in [1.807, 2.05) is 18.2 Å². The number of hydrogen-bond acceptors (Lipinski definition) is 3. The second kappa shape index (κ2) is 8.55. The van der Waals surface area contributed by atoms with Gasteiger partial charge in [-0.15, -0.1) is 0 Å². The molecule has 0 spiro atoms. The van der Waals surface area contributed by atoms with Gasteiger partial charge in [-0.1, -0.05) is 30.3 Å². The summed E-state index contributed by atoms with van der Waals surface area (Å²) >= 11 is 0. The molecular formula is C15H24N4O. The second-order valence-electron chi connectivity index (χ2n) is 4.92. The van der Waals surface area contributed by atoms with Gasteiger partial charge in [0.15, 0.2) is 5.96 Å². The standard InChI is InChI=1S/C15H24N4O/c16-15(18-13-14-5-2-1-3-6-14)17-7-4-8-19-9-11-20-12-10-19/h1-3,5-6H,4,7-13H2,(H3,16,17,18). The molecule has 1 aliphatic rings. The molecule has 1 aliphatic heterocycles. The Hall–Kier alpha value is -1.59. The zero-order chi connectivity index (χ0) is 14.0. The van der Waals surface area contributed by atoms with E-state index in [1.54, 1.807) is 0 Å². The van der Waals surface area contributed by atoms with Gasteiger partial charge in [0.2, 0.25) is 0 Å². The van der Waals surface area contributed by atoms with Gasteiger partial charge in [-0.25, -0.2) is 4.99 Å². The van der Waals surface area contributed by atoms with Crippen molar-refractivity contribution in [3.05, 3.63) is 35.9 Å². The molecule has 5 nitrogen and oxygen atoms in total. The van der Waals surface area contributed by atoms with Gasteiger partial charge >= 0.3 is 0 Å². The molecule has 2 rings (SSSR count). The molecule has 0 radical (unpaired) electrons.